The van der Waals surface area contributed by atoms with E-state index in [1.165, 1.54) is 42.1 Å². The summed E-state index contributed by atoms with van der Waals surface area (Å²) in [7, 11) is 1.77. The molecule has 2 nitrogen and oxygen atoms in total. The summed E-state index contributed by atoms with van der Waals surface area (Å²) in [6, 6.07) is 8.86. The lowest BCUT2D eigenvalue weighted by Crippen LogP contribution is -2.41. The number of methoxy groups -OCH3 is 1. The van der Waals surface area contributed by atoms with Gasteiger partial charge in [0, 0.05) is 24.7 Å². The standard InChI is InChI=1S/C18H26BrNO/c1-21-8-7-20-13-18(12-15-5-6-16(18)9-15)11-14-3-2-4-17(19)10-14/h2-4,10,15-16,20H,5-9,11-13H2,1H3. The van der Waals surface area contributed by atoms with Gasteiger partial charge in [-0.1, -0.05) is 34.5 Å². The maximum Gasteiger partial charge on any atom is 0.0587 e. The van der Waals surface area contributed by atoms with Crippen molar-refractivity contribution in [2.45, 2.75) is 32.1 Å². The van der Waals surface area contributed by atoms with E-state index >= 15 is 0 Å². The van der Waals surface area contributed by atoms with Crippen LogP contribution in [0.5, 0.6) is 0 Å². The lowest BCUT2D eigenvalue weighted by atomic mass is 9.69. The molecule has 0 aromatic heterocycles. The Balaban J connectivity index is 1.70. The molecule has 2 saturated carbocycles. The van der Waals surface area contributed by atoms with Gasteiger partial charge >= 0.3 is 0 Å². The van der Waals surface area contributed by atoms with E-state index in [9.17, 15) is 0 Å². The number of halogens is 1. The Kier molecular flexibility index (Phi) is 5.03. The van der Waals surface area contributed by atoms with Crippen LogP contribution in [0.25, 0.3) is 0 Å². The number of hydrogen-bond donors (Lipinski definition) is 1. The molecule has 3 rings (SSSR count). The first-order chi connectivity index (χ1) is 10.2. The molecule has 3 heteroatoms. The van der Waals surface area contributed by atoms with Crippen molar-refractivity contribution in [2.75, 3.05) is 26.8 Å². The van der Waals surface area contributed by atoms with Crippen molar-refractivity contribution in [2.24, 2.45) is 17.3 Å². The second-order valence-electron chi connectivity index (χ2n) is 6.92. The smallest absolute Gasteiger partial charge is 0.0587 e. The average Bonchev–Trinajstić information content (AvgIpc) is 3.05. The van der Waals surface area contributed by atoms with Crippen molar-refractivity contribution >= 4 is 15.9 Å². The quantitative estimate of drug-likeness (QED) is 0.748. The predicted molar refractivity (Wildman–Crippen MR) is 90.5 cm³/mol. The third kappa shape index (κ3) is 3.52. The van der Waals surface area contributed by atoms with Gasteiger partial charge in [0.1, 0.15) is 0 Å². The molecule has 3 atom stereocenters. The Morgan fingerprint density at radius 3 is 2.95 bits per heavy atom. The molecule has 2 aliphatic carbocycles. The van der Waals surface area contributed by atoms with E-state index in [1.54, 1.807) is 7.11 Å². The van der Waals surface area contributed by atoms with Gasteiger partial charge in [-0.15, -0.1) is 0 Å². The van der Waals surface area contributed by atoms with Gasteiger partial charge in [0.25, 0.3) is 0 Å². The van der Waals surface area contributed by atoms with Gasteiger partial charge in [-0.2, -0.15) is 0 Å². The summed E-state index contributed by atoms with van der Waals surface area (Å²) in [6.45, 7) is 2.92. The summed E-state index contributed by atoms with van der Waals surface area (Å²) >= 11 is 3.61. The van der Waals surface area contributed by atoms with Crippen molar-refractivity contribution in [3.05, 3.63) is 34.3 Å². The van der Waals surface area contributed by atoms with Crippen LogP contribution in [0.3, 0.4) is 0 Å². The molecule has 0 radical (unpaired) electrons. The third-order valence-electron chi connectivity index (χ3n) is 5.51. The average molecular weight is 352 g/mol. The lowest BCUT2D eigenvalue weighted by Gasteiger charge is -2.38. The number of rotatable bonds is 7. The maximum atomic E-state index is 5.17. The third-order valence-corrected chi connectivity index (χ3v) is 6.00. The van der Waals surface area contributed by atoms with E-state index in [-0.39, 0.29) is 0 Å². The zero-order valence-electron chi connectivity index (χ0n) is 12.9. The molecule has 2 bridgehead atoms. The highest BCUT2D eigenvalue weighted by atomic mass is 79.9. The number of ether oxygens (including phenoxy) is 1. The number of fused-ring (bicyclic) bond motifs is 2. The second-order valence-corrected chi connectivity index (χ2v) is 7.83. The molecule has 1 aromatic rings. The van der Waals surface area contributed by atoms with Crippen molar-refractivity contribution < 1.29 is 4.74 Å². The SMILES string of the molecule is COCCNCC1(Cc2cccc(Br)c2)CC2CCC1C2. The molecule has 2 fully saturated rings. The molecule has 1 N–H and O–H groups in total. The van der Waals surface area contributed by atoms with Crippen LogP contribution < -0.4 is 5.32 Å². The Morgan fingerprint density at radius 1 is 1.38 bits per heavy atom. The normalized spacial score (nSPS) is 31.0. The zero-order valence-corrected chi connectivity index (χ0v) is 14.5. The van der Waals surface area contributed by atoms with Crippen LogP contribution in [0.2, 0.25) is 0 Å². The van der Waals surface area contributed by atoms with Crippen molar-refractivity contribution in [3.63, 3.8) is 0 Å². The molecule has 2 aliphatic rings. The second kappa shape index (κ2) is 6.80. The minimum Gasteiger partial charge on any atom is -0.383 e. The van der Waals surface area contributed by atoms with E-state index in [1.807, 2.05) is 0 Å². The highest BCUT2D eigenvalue weighted by Crippen LogP contribution is 2.57. The minimum atomic E-state index is 0.470. The number of nitrogens with one attached hydrogen (secondary N) is 1. The first kappa shape index (κ1) is 15.5. The van der Waals surface area contributed by atoms with E-state index in [0.29, 0.717) is 5.41 Å². The van der Waals surface area contributed by atoms with Gasteiger partial charge in [0.2, 0.25) is 0 Å². The first-order valence-electron chi connectivity index (χ1n) is 8.16. The Morgan fingerprint density at radius 2 is 2.29 bits per heavy atom. The van der Waals surface area contributed by atoms with Gasteiger partial charge in [-0.05, 0) is 60.6 Å². The fourth-order valence-electron chi connectivity index (χ4n) is 4.62. The molecular weight excluding hydrogens is 326 g/mol. The highest BCUT2D eigenvalue weighted by Gasteiger charge is 2.50. The van der Waals surface area contributed by atoms with Crippen LogP contribution in [-0.4, -0.2) is 26.8 Å². The van der Waals surface area contributed by atoms with Crippen LogP contribution in [0.4, 0.5) is 0 Å². The summed E-state index contributed by atoms with van der Waals surface area (Å²) in [5.74, 6) is 1.89. The molecule has 0 spiro atoms. The van der Waals surface area contributed by atoms with E-state index < -0.39 is 0 Å². The number of benzene rings is 1. The summed E-state index contributed by atoms with van der Waals surface area (Å²) in [6.07, 6.45) is 6.98. The number of hydrogen-bond acceptors (Lipinski definition) is 2. The van der Waals surface area contributed by atoms with Gasteiger partial charge in [-0.25, -0.2) is 0 Å². The Labute approximate surface area is 136 Å². The molecule has 0 saturated heterocycles. The van der Waals surface area contributed by atoms with Crippen LogP contribution in [-0.2, 0) is 11.2 Å². The summed E-state index contributed by atoms with van der Waals surface area (Å²) < 4.78 is 6.37. The van der Waals surface area contributed by atoms with E-state index in [2.05, 4.69) is 45.5 Å². The largest absolute Gasteiger partial charge is 0.383 e. The maximum absolute atomic E-state index is 5.17. The Hall–Kier alpha value is -0.380. The van der Waals surface area contributed by atoms with Gasteiger partial charge in [0.15, 0.2) is 0 Å². The molecular formula is C18H26BrNO. The molecule has 0 heterocycles. The van der Waals surface area contributed by atoms with E-state index in [4.69, 9.17) is 4.74 Å². The molecule has 0 amide bonds. The van der Waals surface area contributed by atoms with Crippen molar-refractivity contribution in [3.8, 4) is 0 Å². The highest BCUT2D eigenvalue weighted by molar-refractivity contribution is 9.10. The van der Waals surface area contributed by atoms with Crippen molar-refractivity contribution in [1.82, 2.24) is 5.32 Å². The van der Waals surface area contributed by atoms with Crippen LogP contribution in [0, 0.1) is 17.3 Å². The van der Waals surface area contributed by atoms with Gasteiger partial charge < -0.3 is 10.1 Å². The molecule has 21 heavy (non-hydrogen) atoms. The fourth-order valence-corrected chi connectivity index (χ4v) is 5.07. The summed E-state index contributed by atoms with van der Waals surface area (Å²) in [5, 5.41) is 3.65. The summed E-state index contributed by atoms with van der Waals surface area (Å²) in [4.78, 5) is 0. The van der Waals surface area contributed by atoms with Crippen molar-refractivity contribution in [1.29, 1.82) is 0 Å². The predicted octanol–water partition coefficient (Wildman–Crippen LogP) is 4.03. The lowest BCUT2D eigenvalue weighted by molar-refractivity contribution is 0.145. The first-order valence-corrected chi connectivity index (χ1v) is 8.95. The topological polar surface area (TPSA) is 21.3 Å². The van der Waals surface area contributed by atoms with Crippen LogP contribution >= 0.6 is 15.9 Å². The molecule has 0 aliphatic heterocycles. The molecule has 3 unspecified atom stereocenters. The van der Waals surface area contributed by atoms with Gasteiger partial charge in [-0.3, -0.25) is 0 Å². The molecule has 116 valence electrons. The van der Waals surface area contributed by atoms with E-state index in [0.717, 1.165) is 31.5 Å². The minimum absolute atomic E-state index is 0.470. The Bertz CT molecular complexity index is 478. The fraction of sp³-hybridized carbons (Fsp3) is 0.667. The monoisotopic (exact) mass is 351 g/mol. The zero-order chi connectivity index (χ0) is 14.7. The summed E-state index contributed by atoms with van der Waals surface area (Å²) in [5.41, 5.74) is 1.95. The van der Waals surface area contributed by atoms with Crippen LogP contribution in [0.15, 0.2) is 28.7 Å². The van der Waals surface area contributed by atoms with Gasteiger partial charge in [0.05, 0.1) is 6.61 Å². The molecule has 1 aromatic carbocycles. The van der Waals surface area contributed by atoms with Crippen LogP contribution in [0.1, 0.15) is 31.2 Å².